The fraction of sp³-hybridized carbons (Fsp3) is 0. The lowest BCUT2D eigenvalue weighted by atomic mass is 10.3. The van der Waals surface area contributed by atoms with Crippen molar-refractivity contribution in [2.24, 2.45) is 5.73 Å². The molecule has 0 saturated carbocycles. The molecule has 0 bridgehead atoms. The van der Waals surface area contributed by atoms with Crippen LogP contribution in [0.15, 0.2) is 36.5 Å². The fourth-order valence-corrected chi connectivity index (χ4v) is 1.78. The Balaban J connectivity index is 2.15. The Morgan fingerprint density at radius 1 is 1.33 bits per heavy atom. The highest BCUT2D eigenvalue weighted by Gasteiger charge is 2.06. The number of hydrogen-bond donors (Lipinski definition) is 2. The van der Waals surface area contributed by atoms with Gasteiger partial charge in [-0.3, -0.25) is 4.79 Å². The van der Waals surface area contributed by atoms with E-state index in [-0.39, 0.29) is 0 Å². The summed E-state index contributed by atoms with van der Waals surface area (Å²) in [7, 11) is 0. The van der Waals surface area contributed by atoms with Crippen molar-refractivity contribution in [1.82, 2.24) is 4.98 Å². The van der Waals surface area contributed by atoms with E-state index in [1.807, 2.05) is 30.3 Å². The number of nitrogens with zero attached hydrogens (tertiary/aromatic N) is 1. The Labute approximate surface area is 90.8 Å². The number of amides is 1. The second-order valence-electron chi connectivity index (χ2n) is 2.88. The van der Waals surface area contributed by atoms with Gasteiger partial charge >= 0.3 is 0 Å². The zero-order valence-electron chi connectivity index (χ0n) is 7.81. The molecule has 0 aliphatic rings. The molecule has 5 heteroatoms. The molecule has 1 amide bonds. The Morgan fingerprint density at radius 2 is 2.07 bits per heavy atom. The maximum atomic E-state index is 10.8. The van der Waals surface area contributed by atoms with Gasteiger partial charge in [0.25, 0.3) is 5.91 Å². The van der Waals surface area contributed by atoms with Crippen LogP contribution >= 0.6 is 11.3 Å². The molecule has 0 radical (unpaired) electrons. The largest absolute Gasteiger partial charge is 0.365 e. The van der Waals surface area contributed by atoms with Gasteiger partial charge in [-0.1, -0.05) is 29.5 Å². The monoisotopic (exact) mass is 219 g/mol. The number of benzene rings is 1. The van der Waals surface area contributed by atoms with E-state index in [0.29, 0.717) is 10.0 Å². The normalized spacial score (nSPS) is 9.87. The van der Waals surface area contributed by atoms with Crippen LogP contribution in [0.1, 0.15) is 9.67 Å². The number of hydrogen-bond acceptors (Lipinski definition) is 4. The van der Waals surface area contributed by atoms with Gasteiger partial charge in [0.1, 0.15) is 4.88 Å². The molecule has 1 aromatic heterocycles. The van der Waals surface area contributed by atoms with Crippen LogP contribution in [0.2, 0.25) is 0 Å². The number of nitrogens with one attached hydrogen (secondary N) is 1. The van der Waals surface area contributed by atoms with E-state index < -0.39 is 5.91 Å². The van der Waals surface area contributed by atoms with Gasteiger partial charge in [0.2, 0.25) is 0 Å². The fourth-order valence-electron chi connectivity index (χ4n) is 1.09. The third-order valence-corrected chi connectivity index (χ3v) is 2.70. The summed E-state index contributed by atoms with van der Waals surface area (Å²) in [5.74, 6) is -0.450. The number of thiazole rings is 1. The number of carbonyl (C=O) groups excluding carboxylic acids is 1. The van der Waals surface area contributed by atoms with Crippen molar-refractivity contribution in [2.45, 2.75) is 0 Å². The highest BCUT2D eigenvalue weighted by Crippen LogP contribution is 2.21. The molecule has 0 saturated heterocycles. The number of rotatable bonds is 3. The van der Waals surface area contributed by atoms with Gasteiger partial charge in [0.15, 0.2) is 5.13 Å². The van der Waals surface area contributed by atoms with E-state index in [4.69, 9.17) is 5.73 Å². The minimum absolute atomic E-state index is 0.450. The summed E-state index contributed by atoms with van der Waals surface area (Å²) in [5, 5.41) is 3.74. The average Bonchev–Trinajstić information content (AvgIpc) is 2.68. The van der Waals surface area contributed by atoms with E-state index in [1.54, 1.807) is 0 Å². The summed E-state index contributed by atoms with van der Waals surface area (Å²) in [6, 6.07) is 9.62. The molecule has 3 N–H and O–H groups in total. The Morgan fingerprint density at radius 3 is 2.67 bits per heavy atom. The summed E-state index contributed by atoms with van der Waals surface area (Å²) in [6.07, 6.45) is 1.47. The first-order valence-electron chi connectivity index (χ1n) is 4.33. The first-order chi connectivity index (χ1) is 7.25. The average molecular weight is 219 g/mol. The number of primary amides is 1. The molecular formula is C10H9N3OS. The summed E-state index contributed by atoms with van der Waals surface area (Å²) in [5.41, 5.74) is 6.06. The van der Waals surface area contributed by atoms with Gasteiger partial charge in [-0.05, 0) is 12.1 Å². The van der Waals surface area contributed by atoms with Crippen LogP contribution in [0, 0.1) is 0 Å². The predicted octanol–water partition coefficient (Wildman–Crippen LogP) is 1.99. The summed E-state index contributed by atoms with van der Waals surface area (Å²) in [4.78, 5) is 15.3. The smallest absolute Gasteiger partial charge is 0.260 e. The van der Waals surface area contributed by atoms with Crippen molar-refractivity contribution in [3.63, 3.8) is 0 Å². The summed E-state index contributed by atoms with van der Waals surface area (Å²) >= 11 is 1.24. The molecule has 0 aliphatic carbocycles. The molecule has 1 heterocycles. The molecule has 0 fully saturated rings. The molecule has 0 atom stereocenters. The Bertz CT molecular complexity index is 467. The predicted molar refractivity (Wildman–Crippen MR) is 60.4 cm³/mol. The first-order valence-corrected chi connectivity index (χ1v) is 5.15. The van der Waals surface area contributed by atoms with E-state index in [1.165, 1.54) is 17.5 Å². The molecule has 0 unspecified atom stereocenters. The molecule has 0 aliphatic heterocycles. The van der Waals surface area contributed by atoms with E-state index in [0.717, 1.165) is 5.69 Å². The van der Waals surface area contributed by atoms with Crippen LogP contribution in [0.4, 0.5) is 10.8 Å². The lowest BCUT2D eigenvalue weighted by Gasteiger charge is -1.99. The zero-order chi connectivity index (χ0) is 10.7. The Kier molecular flexibility index (Phi) is 2.64. The first kappa shape index (κ1) is 9.67. The zero-order valence-corrected chi connectivity index (χ0v) is 8.62. The van der Waals surface area contributed by atoms with Crippen molar-refractivity contribution < 1.29 is 4.79 Å². The second-order valence-corrected chi connectivity index (χ2v) is 3.92. The van der Waals surface area contributed by atoms with Crippen molar-refractivity contribution >= 4 is 28.1 Å². The number of nitrogens with two attached hydrogens (primary N) is 1. The summed E-state index contributed by atoms with van der Waals surface area (Å²) in [6.45, 7) is 0. The molecule has 0 spiro atoms. The number of para-hydroxylation sites is 1. The topological polar surface area (TPSA) is 68.0 Å². The maximum absolute atomic E-state index is 10.8. The Hall–Kier alpha value is -1.88. The number of anilines is 2. The quantitative estimate of drug-likeness (QED) is 0.829. The van der Waals surface area contributed by atoms with E-state index in [9.17, 15) is 4.79 Å². The lowest BCUT2D eigenvalue weighted by Crippen LogP contribution is -2.08. The van der Waals surface area contributed by atoms with Crippen LogP contribution in [-0.4, -0.2) is 10.9 Å². The maximum Gasteiger partial charge on any atom is 0.260 e. The second kappa shape index (κ2) is 4.10. The highest BCUT2D eigenvalue weighted by atomic mass is 32.1. The van der Waals surface area contributed by atoms with Gasteiger partial charge in [0, 0.05) is 5.69 Å². The molecule has 15 heavy (non-hydrogen) atoms. The van der Waals surface area contributed by atoms with Crippen LogP contribution in [0.5, 0.6) is 0 Å². The van der Waals surface area contributed by atoms with Crippen molar-refractivity contribution in [2.75, 3.05) is 5.32 Å². The SMILES string of the molecule is NC(=O)c1cnc(Nc2ccccc2)s1. The van der Waals surface area contributed by atoms with Crippen molar-refractivity contribution in [3.05, 3.63) is 41.4 Å². The van der Waals surface area contributed by atoms with Gasteiger partial charge in [0.05, 0.1) is 6.20 Å². The molecular weight excluding hydrogens is 210 g/mol. The summed E-state index contributed by atoms with van der Waals surface area (Å²) < 4.78 is 0. The minimum atomic E-state index is -0.450. The van der Waals surface area contributed by atoms with Gasteiger partial charge in [-0.2, -0.15) is 0 Å². The minimum Gasteiger partial charge on any atom is -0.365 e. The van der Waals surface area contributed by atoms with Crippen LogP contribution in [0.3, 0.4) is 0 Å². The van der Waals surface area contributed by atoms with Crippen LogP contribution < -0.4 is 11.1 Å². The van der Waals surface area contributed by atoms with Crippen molar-refractivity contribution in [3.8, 4) is 0 Å². The van der Waals surface area contributed by atoms with Gasteiger partial charge in [-0.15, -0.1) is 0 Å². The third kappa shape index (κ3) is 2.32. The van der Waals surface area contributed by atoms with E-state index >= 15 is 0 Å². The van der Waals surface area contributed by atoms with Crippen LogP contribution in [-0.2, 0) is 0 Å². The van der Waals surface area contributed by atoms with Gasteiger partial charge < -0.3 is 11.1 Å². The molecule has 2 rings (SSSR count). The molecule has 2 aromatic rings. The van der Waals surface area contributed by atoms with Crippen molar-refractivity contribution in [1.29, 1.82) is 0 Å². The molecule has 4 nitrogen and oxygen atoms in total. The molecule has 76 valence electrons. The van der Waals surface area contributed by atoms with E-state index in [2.05, 4.69) is 10.3 Å². The number of aromatic nitrogens is 1. The highest BCUT2D eigenvalue weighted by molar-refractivity contribution is 7.17. The van der Waals surface area contributed by atoms with Crippen LogP contribution in [0.25, 0.3) is 0 Å². The molecule has 1 aromatic carbocycles. The number of carbonyl (C=O) groups is 1. The van der Waals surface area contributed by atoms with Gasteiger partial charge in [-0.25, -0.2) is 4.98 Å². The standard InChI is InChI=1S/C10H9N3OS/c11-9(14)8-6-12-10(15-8)13-7-4-2-1-3-5-7/h1-6H,(H2,11,14)(H,12,13). The third-order valence-electron chi connectivity index (χ3n) is 1.77. The lowest BCUT2D eigenvalue weighted by molar-refractivity contribution is 0.100.